The van der Waals surface area contributed by atoms with Crippen LogP contribution in [0.25, 0.3) is 16.9 Å². The molecule has 1 saturated heterocycles. The van der Waals surface area contributed by atoms with Crippen molar-refractivity contribution in [3.63, 3.8) is 0 Å². The lowest BCUT2D eigenvalue weighted by Crippen LogP contribution is -2.50. The fourth-order valence-corrected chi connectivity index (χ4v) is 6.19. The highest BCUT2D eigenvalue weighted by Crippen LogP contribution is 2.35. The van der Waals surface area contributed by atoms with E-state index < -0.39 is 0 Å². The number of aromatic nitrogens is 4. The number of imidazole rings is 1. The Labute approximate surface area is 237 Å². The van der Waals surface area contributed by atoms with Gasteiger partial charge in [0.05, 0.1) is 28.5 Å². The highest BCUT2D eigenvalue weighted by molar-refractivity contribution is 6.38. The van der Waals surface area contributed by atoms with Crippen molar-refractivity contribution in [2.75, 3.05) is 60.9 Å². The van der Waals surface area contributed by atoms with Gasteiger partial charge in [-0.3, -0.25) is 19.2 Å². The number of aryl methyl sites for hydroxylation is 1. The molecule has 6 rings (SSSR count). The van der Waals surface area contributed by atoms with Crippen molar-refractivity contribution < 1.29 is 4.79 Å². The van der Waals surface area contributed by atoms with Crippen LogP contribution in [-0.4, -0.2) is 76.0 Å². The summed E-state index contributed by atoms with van der Waals surface area (Å²) in [6.45, 7) is 6.90. The largest absolute Gasteiger partial charge is 0.372 e. The van der Waals surface area contributed by atoms with E-state index in [2.05, 4.69) is 50.2 Å². The minimum absolute atomic E-state index is 0.0283. The van der Waals surface area contributed by atoms with Gasteiger partial charge < -0.3 is 20.0 Å². The number of hydrogen-bond acceptors (Lipinski definition) is 7. The second-order valence-electron chi connectivity index (χ2n) is 9.81. The number of benzene rings is 1. The Hall–Kier alpha value is -3.56. The van der Waals surface area contributed by atoms with E-state index in [-0.39, 0.29) is 12.5 Å². The van der Waals surface area contributed by atoms with Gasteiger partial charge in [-0.2, -0.15) is 0 Å². The van der Waals surface area contributed by atoms with E-state index in [0.29, 0.717) is 36.2 Å². The summed E-state index contributed by atoms with van der Waals surface area (Å²) in [5.74, 6) is 0.818. The highest BCUT2D eigenvalue weighted by Gasteiger charge is 2.25. The van der Waals surface area contributed by atoms with E-state index in [1.165, 1.54) is 11.3 Å². The number of fused-ring (bicyclic) bond motifs is 2. The molecule has 2 aliphatic rings. The molecule has 0 bridgehead atoms. The maximum atomic E-state index is 13.3. The predicted molar refractivity (Wildman–Crippen MR) is 156 cm³/mol. The number of nitrogens with one attached hydrogen (secondary N) is 1. The van der Waals surface area contributed by atoms with Crippen molar-refractivity contribution >= 4 is 51.9 Å². The maximum Gasteiger partial charge on any atom is 0.242 e. The topological polar surface area (TPSA) is 81.9 Å². The van der Waals surface area contributed by atoms with E-state index >= 15 is 0 Å². The zero-order valence-electron chi connectivity index (χ0n) is 21.8. The highest BCUT2D eigenvalue weighted by atomic mass is 35.5. The molecule has 0 radical (unpaired) electrons. The molecular formula is C28H30Cl2N8O. The van der Waals surface area contributed by atoms with Crippen LogP contribution in [0.3, 0.4) is 0 Å². The lowest BCUT2D eigenvalue weighted by atomic mass is 9.98. The predicted octanol–water partition coefficient (Wildman–Crippen LogP) is 4.63. The summed E-state index contributed by atoms with van der Waals surface area (Å²) in [6, 6.07) is 6.57. The number of amides is 1. The average Bonchev–Trinajstić information content (AvgIpc) is 3.34. The van der Waals surface area contributed by atoms with Crippen molar-refractivity contribution in [1.82, 2.24) is 24.3 Å². The van der Waals surface area contributed by atoms with Crippen LogP contribution in [0.5, 0.6) is 0 Å². The van der Waals surface area contributed by atoms with Crippen LogP contribution in [0, 0.1) is 0 Å². The van der Waals surface area contributed by atoms with Gasteiger partial charge in [0, 0.05) is 75.3 Å². The van der Waals surface area contributed by atoms with E-state index in [1.807, 2.05) is 15.5 Å². The van der Waals surface area contributed by atoms with Gasteiger partial charge in [0.25, 0.3) is 0 Å². The third-order valence-electron chi connectivity index (χ3n) is 7.56. The third-order valence-corrected chi connectivity index (χ3v) is 8.12. The monoisotopic (exact) mass is 564 g/mol. The Morgan fingerprint density at radius 1 is 1.03 bits per heavy atom. The number of anilines is 3. The molecule has 1 amide bonds. The van der Waals surface area contributed by atoms with E-state index in [1.54, 1.807) is 24.8 Å². The number of rotatable bonds is 6. The summed E-state index contributed by atoms with van der Waals surface area (Å²) < 4.78 is 1.96. The summed E-state index contributed by atoms with van der Waals surface area (Å²) in [5, 5.41) is 4.43. The quantitative estimate of drug-likeness (QED) is 0.365. The Morgan fingerprint density at radius 2 is 1.82 bits per heavy atom. The number of carbonyl (C=O) groups is 1. The summed E-state index contributed by atoms with van der Waals surface area (Å²) in [6.07, 6.45) is 10.7. The third kappa shape index (κ3) is 4.96. The molecule has 1 N–H and O–H groups in total. The van der Waals surface area contributed by atoms with Crippen molar-refractivity contribution in [3.05, 3.63) is 64.8 Å². The van der Waals surface area contributed by atoms with E-state index in [0.717, 1.165) is 54.3 Å². The van der Waals surface area contributed by atoms with Crippen LogP contribution < -0.4 is 15.1 Å². The summed E-state index contributed by atoms with van der Waals surface area (Å²) >= 11 is 12.7. The van der Waals surface area contributed by atoms with E-state index in [4.69, 9.17) is 28.2 Å². The molecule has 39 heavy (non-hydrogen) atoms. The van der Waals surface area contributed by atoms with Gasteiger partial charge in [-0.1, -0.05) is 29.3 Å². The molecule has 2 aliphatic heterocycles. The standard InChI is InChI=1S/C28H30Cl2N8O/c1-2-35-8-3-4-19-14-20(5-6-23(19)35)26-28(38-9-7-31-17-24(38)34-26)33-18-25(39)36-10-12-37(13-11-36)27-21(29)15-32-16-22(27)30/h5-7,9,14-17,33H,2-4,8,10-13,18H2,1H3. The van der Waals surface area contributed by atoms with Gasteiger partial charge in [0.1, 0.15) is 11.5 Å². The fraction of sp³-hybridized carbons (Fsp3) is 0.357. The molecule has 0 saturated carbocycles. The van der Waals surface area contributed by atoms with Crippen LogP contribution in [-0.2, 0) is 11.2 Å². The molecule has 1 fully saturated rings. The zero-order valence-corrected chi connectivity index (χ0v) is 23.3. The van der Waals surface area contributed by atoms with Crippen molar-refractivity contribution in [2.45, 2.75) is 19.8 Å². The SMILES string of the molecule is CCN1CCCc2cc(-c3nc4cnccn4c3NCC(=O)N3CCN(c4c(Cl)cncc4Cl)CC3)ccc21. The van der Waals surface area contributed by atoms with Crippen molar-refractivity contribution in [3.8, 4) is 11.3 Å². The van der Waals surface area contributed by atoms with E-state index in [9.17, 15) is 4.79 Å². The Kier molecular flexibility index (Phi) is 7.18. The smallest absolute Gasteiger partial charge is 0.242 e. The Morgan fingerprint density at radius 3 is 2.59 bits per heavy atom. The molecule has 5 heterocycles. The first kappa shape index (κ1) is 25.7. The molecule has 1 aromatic carbocycles. The van der Waals surface area contributed by atoms with Gasteiger partial charge in [-0.05, 0) is 37.5 Å². The summed E-state index contributed by atoms with van der Waals surface area (Å²) in [7, 11) is 0. The summed E-state index contributed by atoms with van der Waals surface area (Å²) in [5.41, 5.74) is 6.00. The molecule has 0 spiro atoms. The number of piperazine rings is 1. The van der Waals surface area contributed by atoms with Crippen LogP contribution >= 0.6 is 23.2 Å². The first-order valence-electron chi connectivity index (χ1n) is 13.3. The van der Waals surface area contributed by atoms with Crippen molar-refractivity contribution in [2.24, 2.45) is 0 Å². The second-order valence-corrected chi connectivity index (χ2v) is 10.6. The normalized spacial score (nSPS) is 15.5. The molecule has 0 unspecified atom stereocenters. The zero-order chi connectivity index (χ0) is 26.9. The first-order valence-corrected chi connectivity index (χ1v) is 14.0. The molecular weight excluding hydrogens is 535 g/mol. The molecule has 0 aliphatic carbocycles. The number of hydrogen-bond donors (Lipinski definition) is 1. The lowest BCUT2D eigenvalue weighted by Gasteiger charge is -2.36. The van der Waals surface area contributed by atoms with Crippen molar-refractivity contribution in [1.29, 1.82) is 0 Å². The number of carbonyl (C=O) groups excluding carboxylic acids is 1. The van der Waals surface area contributed by atoms with Gasteiger partial charge in [0.15, 0.2) is 5.65 Å². The van der Waals surface area contributed by atoms with Gasteiger partial charge in [-0.15, -0.1) is 0 Å². The van der Waals surface area contributed by atoms with Gasteiger partial charge >= 0.3 is 0 Å². The summed E-state index contributed by atoms with van der Waals surface area (Å²) in [4.78, 5) is 32.8. The average molecular weight is 566 g/mol. The molecule has 3 aromatic heterocycles. The minimum Gasteiger partial charge on any atom is -0.372 e. The second kappa shape index (κ2) is 10.9. The Bertz CT molecular complexity index is 1490. The van der Waals surface area contributed by atoms with Crippen LogP contribution in [0.15, 0.2) is 49.2 Å². The minimum atomic E-state index is 0.0283. The maximum absolute atomic E-state index is 13.3. The van der Waals surface area contributed by atoms with Gasteiger partial charge in [0.2, 0.25) is 5.91 Å². The molecule has 202 valence electrons. The molecule has 11 heteroatoms. The lowest BCUT2D eigenvalue weighted by molar-refractivity contribution is -0.129. The molecule has 0 atom stereocenters. The number of nitrogens with zero attached hydrogens (tertiary/aromatic N) is 7. The number of halogens is 2. The van der Waals surface area contributed by atoms with Crippen LogP contribution in [0.1, 0.15) is 18.9 Å². The number of pyridine rings is 1. The van der Waals surface area contributed by atoms with Crippen LogP contribution in [0.2, 0.25) is 10.0 Å². The molecule has 9 nitrogen and oxygen atoms in total. The first-order chi connectivity index (χ1) is 19.0. The fourth-order valence-electron chi connectivity index (χ4n) is 5.59. The molecule has 4 aromatic rings. The Balaban J connectivity index is 1.19. The van der Waals surface area contributed by atoms with Crippen LogP contribution in [0.4, 0.5) is 17.2 Å². The van der Waals surface area contributed by atoms with Gasteiger partial charge in [-0.25, -0.2) is 4.98 Å².